The molecular weight excluding hydrogens is 323 g/mol. The second kappa shape index (κ2) is 6.98. The standard InChI is InChI=1S/C18H19FN4O2/c1-11-15-8-13(9-21-18(15)25-22-11)17(24)20-10-16(23(2)3)12-5-4-6-14(19)7-12/h4-9,16H,10H2,1-3H3,(H,20,24). The molecule has 0 spiro atoms. The maximum Gasteiger partial charge on any atom is 0.257 e. The number of carbonyl (C=O) groups is 1. The lowest BCUT2D eigenvalue weighted by molar-refractivity contribution is 0.0941. The highest BCUT2D eigenvalue weighted by atomic mass is 19.1. The number of aromatic nitrogens is 2. The van der Waals surface area contributed by atoms with Crippen LogP contribution in [0.5, 0.6) is 0 Å². The lowest BCUT2D eigenvalue weighted by atomic mass is 10.1. The van der Waals surface area contributed by atoms with E-state index >= 15 is 0 Å². The number of hydrogen-bond donors (Lipinski definition) is 1. The van der Waals surface area contributed by atoms with Crippen LogP contribution in [0.4, 0.5) is 4.39 Å². The summed E-state index contributed by atoms with van der Waals surface area (Å²) in [4.78, 5) is 18.5. The minimum atomic E-state index is -0.298. The molecule has 0 saturated carbocycles. The average Bonchev–Trinajstić information content (AvgIpc) is 2.95. The second-order valence-corrected chi connectivity index (χ2v) is 6.09. The molecule has 2 aromatic heterocycles. The van der Waals surface area contributed by atoms with Gasteiger partial charge in [0.25, 0.3) is 11.6 Å². The molecule has 1 unspecified atom stereocenters. The van der Waals surface area contributed by atoms with Crippen molar-refractivity contribution < 1.29 is 13.7 Å². The molecule has 25 heavy (non-hydrogen) atoms. The van der Waals surface area contributed by atoms with E-state index in [1.165, 1.54) is 18.3 Å². The van der Waals surface area contributed by atoms with Gasteiger partial charge in [-0.3, -0.25) is 4.79 Å². The zero-order valence-corrected chi connectivity index (χ0v) is 14.3. The molecule has 0 fully saturated rings. The molecule has 2 heterocycles. The number of fused-ring (bicyclic) bond motifs is 1. The number of pyridine rings is 1. The highest BCUT2D eigenvalue weighted by molar-refractivity contribution is 5.96. The number of benzene rings is 1. The molecule has 6 nitrogen and oxygen atoms in total. The summed E-state index contributed by atoms with van der Waals surface area (Å²) in [6, 6.07) is 7.94. The maximum absolute atomic E-state index is 13.5. The van der Waals surface area contributed by atoms with Crippen molar-refractivity contribution >= 4 is 17.0 Å². The first-order chi connectivity index (χ1) is 12.0. The lowest BCUT2D eigenvalue weighted by Crippen LogP contribution is -2.34. The van der Waals surface area contributed by atoms with Crippen molar-refractivity contribution in [3.63, 3.8) is 0 Å². The summed E-state index contributed by atoms with van der Waals surface area (Å²) in [5.41, 5.74) is 2.31. The van der Waals surface area contributed by atoms with Gasteiger partial charge < -0.3 is 14.7 Å². The molecule has 0 aliphatic heterocycles. The predicted molar refractivity (Wildman–Crippen MR) is 91.7 cm³/mol. The fraction of sp³-hybridized carbons (Fsp3) is 0.278. The van der Waals surface area contributed by atoms with Gasteiger partial charge in [-0.1, -0.05) is 17.3 Å². The molecule has 0 aliphatic carbocycles. The molecule has 1 aromatic carbocycles. The van der Waals surface area contributed by atoms with Gasteiger partial charge in [0.15, 0.2) is 0 Å². The van der Waals surface area contributed by atoms with Crippen LogP contribution in [0.15, 0.2) is 41.1 Å². The molecule has 130 valence electrons. The van der Waals surface area contributed by atoms with E-state index in [0.29, 0.717) is 28.9 Å². The number of likely N-dealkylation sites (N-methyl/N-ethyl adjacent to an activating group) is 1. The van der Waals surface area contributed by atoms with Crippen LogP contribution in [0.2, 0.25) is 0 Å². The quantitative estimate of drug-likeness (QED) is 0.772. The zero-order valence-electron chi connectivity index (χ0n) is 14.3. The normalized spacial score (nSPS) is 12.5. The first-order valence-electron chi connectivity index (χ1n) is 7.88. The van der Waals surface area contributed by atoms with Gasteiger partial charge in [0.05, 0.1) is 22.7 Å². The van der Waals surface area contributed by atoms with Crippen molar-refractivity contribution in [3.8, 4) is 0 Å². The van der Waals surface area contributed by atoms with Crippen molar-refractivity contribution in [1.29, 1.82) is 0 Å². The average molecular weight is 342 g/mol. The molecular formula is C18H19FN4O2. The SMILES string of the molecule is Cc1noc2ncc(C(=O)NCC(c3cccc(F)c3)N(C)C)cc12. The van der Waals surface area contributed by atoms with Crippen LogP contribution in [0.3, 0.4) is 0 Å². The van der Waals surface area contributed by atoms with E-state index in [9.17, 15) is 9.18 Å². The Morgan fingerprint density at radius 1 is 1.36 bits per heavy atom. The minimum Gasteiger partial charge on any atom is -0.350 e. The van der Waals surface area contributed by atoms with Crippen LogP contribution in [-0.2, 0) is 0 Å². The number of halogens is 1. The number of hydrogen-bond acceptors (Lipinski definition) is 5. The van der Waals surface area contributed by atoms with E-state index < -0.39 is 0 Å². The molecule has 1 amide bonds. The largest absolute Gasteiger partial charge is 0.350 e. The van der Waals surface area contributed by atoms with Gasteiger partial charge in [0.2, 0.25) is 0 Å². The maximum atomic E-state index is 13.5. The van der Waals surface area contributed by atoms with Crippen molar-refractivity contribution in [2.75, 3.05) is 20.6 Å². The van der Waals surface area contributed by atoms with Crippen molar-refractivity contribution in [2.45, 2.75) is 13.0 Å². The van der Waals surface area contributed by atoms with Crippen molar-refractivity contribution in [3.05, 3.63) is 59.2 Å². The summed E-state index contributed by atoms with van der Waals surface area (Å²) in [7, 11) is 3.77. The van der Waals surface area contributed by atoms with Crippen LogP contribution in [0.1, 0.15) is 27.7 Å². The van der Waals surface area contributed by atoms with E-state index in [2.05, 4.69) is 15.5 Å². The summed E-state index contributed by atoms with van der Waals surface area (Å²) < 4.78 is 18.5. The summed E-state index contributed by atoms with van der Waals surface area (Å²) in [5, 5.41) is 7.42. The minimum absolute atomic E-state index is 0.145. The van der Waals surface area contributed by atoms with Gasteiger partial charge >= 0.3 is 0 Å². The first-order valence-corrected chi connectivity index (χ1v) is 7.88. The van der Waals surface area contributed by atoms with Gasteiger partial charge in [-0.2, -0.15) is 0 Å². The molecule has 1 N–H and O–H groups in total. The van der Waals surface area contributed by atoms with Gasteiger partial charge in [0.1, 0.15) is 5.82 Å². The third kappa shape index (κ3) is 3.66. The summed E-state index contributed by atoms with van der Waals surface area (Å²) in [5.74, 6) is -0.550. The van der Waals surface area contributed by atoms with Crippen molar-refractivity contribution in [2.24, 2.45) is 0 Å². The Kier molecular flexibility index (Phi) is 4.76. The molecule has 3 rings (SSSR count). The van der Waals surface area contributed by atoms with E-state index in [1.54, 1.807) is 19.1 Å². The van der Waals surface area contributed by atoms with Crippen molar-refractivity contribution in [1.82, 2.24) is 20.4 Å². The third-order valence-electron chi connectivity index (χ3n) is 4.08. The Balaban J connectivity index is 1.75. The van der Waals surface area contributed by atoms with E-state index in [1.807, 2.05) is 25.1 Å². The zero-order chi connectivity index (χ0) is 18.0. The van der Waals surface area contributed by atoms with Gasteiger partial charge in [-0.15, -0.1) is 0 Å². The van der Waals surface area contributed by atoms with Gasteiger partial charge in [0, 0.05) is 12.7 Å². The topological polar surface area (TPSA) is 71.3 Å². The fourth-order valence-corrected chi connectivity index (χ4v) is 2.67. The highest BCUT2D eigenvalue weighted by Gasteiger charge is 2.17. The molecule has 0 radical (unpaired) electrons. The molecule has 3 aromatic rings. The Hall–Kier alpha value is -2.80. The molecule has 0 saturated heterocycles. The first kappa shape index (κ1) is 17.0. The number of aryl methyl sites for hydroxylation is 1. The summed E-state index contributed by atoms with van der Waals surface area (Å²) in [6.45, 7) is 2.14. The van der Waals surface area contributed by atoms with E-state index in [-0.39, 0.29) is 17.8 Å². The third-order valence-corrected chi connectivity index (χ3v) is 4.08. The number of carbonyl (C=O) groups excluding carboxylic acids is 1. The molecule has 7 heteroatoms. The van der Waals surface area contributed by atoms with Crippen LogP contribution >= 0.6 is 0 Å². The number of nitrogens with zero attached hydrogens (tertiary/aromatic N) is 3. The smallest absolute Gasteiger partial charge is 0.257 e. The number of nitrogens with one attached hydrogen (secondary N) is 1. The summed E-state index contributed by atoms with van der Waals surface area (Å²) >= 11 is 0. The van der Waals surface area contributed by atoms with Gasteiger partial charge in [-0.25, -0.2) is 9.37 Å². The highest BCUT2D eigenvalue weighted by Crippen LogP contribution is 2.19. The van der Waals surface area contributed by atoms with E-state index in [4.69, 9.17) is 4.52 Å². The second-order valence-electron chi connectivity index (χ2n) is 6.09. The van der Waals surface area contributed by atoms with Crippen LogP contribution < -0.4 is 5.32 Å². The molecule has 0 aliphatic rings. The predicted octanol–water partition coefficient (Wildman–Crippen LogP) is 2.70. The molecule has 0 bridgehead atoms. The fourth-order valence-electron chi connectivity index (χ4n) is 2.67. The number of amides is 1. The van der Waals surface area contributed by atoms with E-state index in [0.717, 1.165) is 5.56 Å². The Bertz CT molecular complexity index is 907. The Morgan fingerprint density at radius 3 is 2.88 bits per heavy atom. The molecule has 1 atom stereocenters. The Labute approximate surface area is 144 Å². The monoisotopic (exact) mass is 342 g/mol. The van der Waals surface area contributed by atoms with Crippen LogP contribution in [-0.4, -0.2) is 41.6 Å². The summed E-state index contributed by atoms with van der Waals surface area (Å²) in [6.07, 6.45) is 1.45. The Morgan fingerprint density at radius 2 is 2.16 bits per heavy atom. The number of rotatable bonds is 5. The van der Waals surface area contributed by atoms with Gasteiger partial charge in [-0.05, 0) is 44.8 Å². The van der Waals surface area contributed by atoms with Crippen LogP contribution in [0, 0.1) is 12.7 Å². The van der Waals surface area contributed by atoms with Crippen LogP contribution in [0.25, 0.3) is 11.1 Å². The lowest BCUT2D eigenvalue weighted by Gasteiger charge is -2.25.